The summed E-state index contributed by atoms with van der Waals surface area (Å²) in [6, 6.07) is 6.08. The molecule has 0 fully saturated rings. The molecule has 19 heavy (non-hydrogen) atoms. The third-order valence-corrected chi connectivity index (χ3v) is 3.19. The Morgan fingerprint density at radius 1 is 1.21 bits per heavy atom. The standard InChI is InChI=1S/C16H23NO2/c1-4-7-13-14-10-12(18-6-3)8-9-15(14)19-16(13)11-17-5-2/h8-10,17H,4-7,11H2,1-3H3. The predicted molar refractivity (Wildman–Crippen MR) is 78.8 cm³/mol. The van der Waals surface area contributed by atoms with Crippen molar-refractivity contribution in [1.29, 1.82) is 0 Å². The Morgan fingerprint density at radius 3 is 2.74 bits per heavy atom. The van der Waals surface area contributed by atoms with Crippen LogP contribution >= 0.6 is 0 Å². The maximum atomic E-state index is 5.97. The lowest BCUT2D eigenvalue weighted by atomic mass is 10.1. The largest absolute Gasteiger partial charge is 0.494 e. The lowest BCUT2D eigenvalue weighted by Gasteiger charge is -2.03. The fourth-order valence-electron chi connectivity index (χ4n) is 2.34. The van der Waals surface area contributed by atoms with Gasteiger partial charge < -0.3 is 14.5 Å². The van der Waals surface area contributed by atoms with Crippen molar-refractivity contribution in [2.45, 2.75) is 40.2 Å². The van der Waals surface area contributed by atoms with Crippen molar-refractivity contribution in [3.05, 3.63) is 29.5 Å². The summed E-state index contributed by atoms with van der Waals surface area (Å²) in [6.45, 7) is 8.74. The van der Waals surface area contributed by atoms with E-state index in [2.05, 4.69) is 25.2 Å². The Bertz CT molecular complexity index is 531. The van der Waals surface area contributed by atoms with Crippen molar-refractivity contribution in [2.24, 2.45) is 0 Å². The maximum absolute atomic E-state index is 5.97. The number of hydrogen-bond acceptors (Lipinski definition) is 3. The van der Waals surface area contributed by atoms with E-state index >= 15 is 0 Å². The molecule has 1 heterocycles. The monoisotopic (exact) mass is 261 g/mol. The van der Waals surface area contributed by atoms with Gasteiger partial charge in [0.25, 0.3) is 0 Å². The normalized spacial score (nSPS) is 11.1. The summed E-state index contributed by atoms with van der Waals surface area (Å²) in [6.07, 6.45) is 2.16. The molecule has 0 radical (unpaired) electrons. The first kappa shape index (κ1) is 13.9. The molecule has 2 rings (SSSR count). The van der Waals surface area contributed by atoms with Crippen LogP contribution in [0, 0.1) is 0 Å². The topological polar surface area (TPSA) is 34.4 Å². The molecule has 1 aromatic carbocycles. The average molecular weight is 261 g/mol. The van der Waals surface area contributed by atoms with Gasteiger partial charge in [0.15, 0.2) is 0 Å². The Morgan fingerprint density at radius 2 is 2.05 bits per heavy atom. The second-order valence-corrected chi connectivity index (χ2v) is 4.63. The Balaban J connectivity index is 2.41. The minimum atomic E-state index is 0.691. The molecule has 0 saturated heterocycles. The molecule has 0 unspecified atom stereocenters. The third kappa shape index (κ3) is 3.10. The minimum absolute atomic E-state index is 0.691. The Labute approximate surface area is 114 Å². The summed E-state index contributed by atoms with van der Waals surface area (Å²) in [5.74, 6) is 1.98. The highest BCUT2D eigenvalue weighted by atomic mass is 16.5. The first-order valence-corrected chi connectivity index (χ1v) is 7.17. The minimum Gasteiger partial charge on any atom is -0.494 e. The van der Waals surface area contributed by atoms with E-state index in [4.69, 9.17) is 9.15 Å². The van der Waals surface area contributed by atoms with Gasteiger partial charge in [0, 0.05) is 10.9 Å². The van der Waals surface area contributed by atoms with Crippen molar-refractivity contribution in [1.82, 2.24) is 5.32 Å². The van der Waals surface area contributed by atoms with Gasteiger partial charge in [-0.1, -0.05) is 20.3 Å². The Hall–Kier alpha value is -1.48. The fraction of sp³-hybridized carbons (Fsp3) is 0.500. The zero-order valence-corrected chi connectivity index (χ0v) is 12.1. The highest BCUT2D eigenvalue weighted by Crippen LogP contribution is 2.30. The van der Waals surface area contributed by atoms with Gasteiger partial charge in [0.1, 0.15) is 17.1 Å². The molecule has 0 saturated carbocycles. The van der Waals surface area contributed by atoms with Crippen molar-refractivity contribution in [2.75, 3.05) is 13.2 Å². The summed E-state index contributed by atoms with van der Waals surface area (Å²) in [4.78, 5) is 0. The van der Waals surface area contributed by atoms with Gasteiger partial charge in [0.2, 0.25) is 0 Å². The van der Waals surface area contributed by atoms with Gasteiger partial charge >= 0.3 is 0 Å². The third-order valence-electron chi connectivity index (χ3n) is 3.19. The molecule has 0 aliphatic heterocycles. The zero-order valence-electron chi connectivity index (χ0n) is 12.1. The first-order valence-electron chi connectivity index (χ1n) is 7.17. The van der Waals surface area contributed by atoms with Crippen LogP contribution < -0.4 is 10.1 Å². The smallest absolute Gasteiger partial charge is 0.134 e. The summed E-state index contributed by atoms with van der Waals surface area (Å²) in [5, 5.41) is 4.53. The molecular weight excluding hydrogens is 238 g/mol. The molecule has 0 aliphatic carbocycles. The number of ether oxygens (including phenoxy) is 1. The van der Waals surface area contributed by atoms with Crippen LogP contribution in [0.15, 0.2) is 22.6 Å². The van der Waals surface area contributed by atoms with E-state index in [1.807, 2.05) is 19.1 Å². The fourth-order valence-corrected chi connectivity index (χ4v) is 2.34. The molecule has 0 spiro atoms. The molecule has 0 bridgehead atoms. The van der Waals surface area contributed by atoms with E-state index in [9.17, 15) is 0 Å². The van der Waals surface area contributed by atoms with Gasteiger partial charge in [-0.3, -0.25) is 0 Å². The van der Waals surface area contributed by atoms with Gasteiger partial charge in [-0.05, 0) is 38.1 Å². The molecular formula is C16H23NO2. The molecule has 1 N–H and O–H groups in total. The van der Waals surface area contributed by atoms with E-state index in [1.165, 1.54) is 10.9 Å². The number of hydrogen-bond donors (Lipinski definition) is 1. The van der Waals surface area contributed by atoms with Crippen LogP contribution in [0.3, 0.4) is 0 Å². The molecule has 0 aliphatic rings. The molecule has 104 valence electrons. The molecule has 2 aromatic rings. The number of benzene rings is 1. The lowest BCUT2D eigenvalue weighted by Crippen LogP contribution is -2.12. The highest BCUT2D eigenvalue weighted by Gasteiger charge is 2.13. The lowest BCUT2D eigenvalue weighted by molar-refractivity contribution is 0.340. The summed E-state index contributed by atoms with van der Waals surface area (Å²) < 4.78 is 11.5. The van der Waals surface area contributed by atoms with Crippen LogP contribution in [0.2, 0.25) is 0 Å². The average Bonchev–Trinajstić information content (AvgIpc) is 2.75. The highest BCUT2D eigenvalue weighted by molar-refractivity contribution is 5.83. The SMILES string of the molecule is CCCc1c(CNCC)oc2ccc(OCC)cc12. The molecule has 1 aromatic heterocycles. The second-order valence-electron chi connectivity index (χ2n) is 4.63. The Kier molecular flexibility index (Phi) is 4.86. The number of fused-ring (bicyclic) bond motifs is 1. The van der Waals surface area contributed by atoms with E-state index in [-0.39, 0.29) is 0 Å². The predicted octanol–water partition coefficient (Wildman–Crippen LogP) is 3.89. The van der Waals surface area contributed by atoms with Crippen LogP contribution in [0.5, 0.6) is 5.75 Å². The number of aryl methyl sites for hydroxylation is 1. The zero-order chi connectivity index (χ0) is 13.7. The van der Waals surface area contributed by atoms with Crippen molar-refractivity contribution in [3.8, 4) is 5.75 Å². The van der Waals surface area contributed by atoms with Crippen LogP contribution in [0.25, 0.3) is 11.0 Å². The van der Waals surface area contributed by atoms with Gasteiger partial charge in [-0.25, -0.2) is 0 Å². The second kappa shape index (κ2) is 6.62. The van der Waals surface area contributed by atoms with Crippen molar-refractivity contribution < 1.29 is 9.15 Å². The quantitative estimate of drug-likeness (QED) is 0.821. The van der Waals surface area contributed by atoms with E-state index < -0.39 is 0 Å². The number of nitrogens with one attached hydrogen (secondary N) is 1. The van der Waals surface area contributed by atoms with Gasteiger partial charge in [-0.2, -0.15) is 0 Å². The summed E-state index contributed by atoms with van der Waals surface area (Å²) in [5.41, 5.74) is 2.28. The van der Waals surface area contributed by atoms with Crippen LogP contribution in [-0.4, -0.2) is 13.2 Å². The maximum Gasteiger partial charge on any atom is 0.134 e. The van der Waals surface area contributed by atoms with Crippen molar-refractivity contribution >= 4 is 11.0 Å². The van der Waals surface area contributed by atoms with Crippen LogP contribution in [0.4, 0.5) is 0 Å². The first-order chi connectivity index (χ1) is 9.30. The molecule has 3 nitrogen and oxygen atoms in total. The molecule has 0 atom stereocenters. The van der Waals surface area contributed by atoms with E-state index in [1.54, 1.807) is 0 Å². The van der Waals surface area contributed by atoms with Crippen LogP contribution in [0.1, 0.15) is 38.5 Å². The number of rotatable bonds is 7. The summed E-state index contributed by atoms with van der Waals surface area (Å²) >= 11 is 0. The van der Waals surface area contributed by atoms with Crippen LogP contribution in [-0.2, 0) is 13.0 Å². The molecule has 0 amide bonds. The summed E-state index contributed by atoms with van der Waals surface area (Å²) in [7, 11) is 0. The van der Waals surface area contributed by atoms with Gasteiger partial charge in [0.05, 0.1) is 13.2 Å². The number of furan rings is 1. The van der Waals surface area contributed by atoms with E-state index in [0.717, 1.165) is 43.0 Å². The van der Waals surface area contributed by atoms with Crippen molar-refractivity contribution in [3.63, 3.8) is 0 Å². The van der Waals surface area contributed by atoms with E-state index in [0.29, 0.717) is 6.61 Å². The van der Waals surface area contributed by atoms with Gasteiger partial charge in [-0.15, -0.1) is 0 Å². The molecule has 3 heteroatoms.